The predicted octanol–water partition coefficient (Wildman–Crippen LogP) is 5.06. The van der Waals surface area contributed by atoms with E-state index in [2.05, 4.69) is 10.4 Å². The summed E-state index contributed by atoms with van der Waals surface area (Å²) in [5.74, 6) is -0.0826. The number of anilines is 1. The highest BCUT2D eigenvalue weighted by atomic mass is 32.1. The monoisotopic (exact) mass is 415 g/mol. The number of carbonyl (C=O) groups excluding carboxylic acids is 1. The molecule has 0 radical (unpaired) electrons. The van der Waals surface area contributed by atoms with Crippen LogP contribution in [0, 0.1) is 0 Å². The molecular formula is C24H21N3O2S. The van der Waals surface area contributed by atoms with Gasteiger partial charge >= 0.3 is 0 Å². The lowest BCUT2D eigenvalue weighted by Gasteiger charge is -2.11. The highest BCUT2D eigenvalue weighted by molar-refractivity contribution is 7.13. The van der Waals surface area contributed by atoms with Crippen LogP contribution in [0.25, 0.3) is 21.7 Å². The van der Waals surface area contributed by atoms with Gasteiger partial charge in [-0.2, -0.15) is 5.10 Å². The summed E-state index contributed by atoms with van der Waals surface area (Å²) in [4.78, 5) is 25.6. The van der Waals surface area contributed by atoms with Crippen molar-refractivity contribution in [2.45, 2.75) is 19.4 Å². The number of nitrogens with one attached hydrogen (secondary N) is 1. The van der Waals surface area contributed by atoms with E-state index in [-0.39, 0.29) is 11.5 Å². The second-order valence-electron chi connectivity index (χ2n) is 6.82. The first kappa shape index (κ1) is 19.8. The van der Waals surface area contributed by atoms with Gasteiger partial charge in [0.05, 0.1) is 4.88 Å². The molecule has 150 valence electrons. The number of hydrogen-bond acceptors (Lipinski definition) is 4. The molecule has 0 saturated heterocycles. The largest absolute Gasteiger partial charge is 0.326 e. The first-order valence-electron chi connectivity index (χ1n) is 9.77. The Balaban J connectivity index is 1.39. The Labute approximate surface area is 178 Å². The number of para-hydroxylation sites is 1. The lowest BCUT2D eigenvalue weighted by molar-refractivity contribution is -0.116. The fourth-order valence-electron chi connectivity index (χ4n) is 3.23. The lowest BCUT2D eigenvalue weighted by Crippen LogP contribution is -2.23. The summed E-state index contributed by atoms with van der Waals surface area (Å²) in [5, 5.41) is 9.41. The summed E-state index contributed by atoms with van der Waals surface area (Å²) in [6.45, 7) is 0.395. The standard InChI is InChI=1S/C24H21N3O2S/c28-23(25-20-11-5-4-10-19(20)18-8-2-1-3-9-18)13-6-16-27-24(29)15-14-21(26-27)22-12-7-17-30-22/h1-5,7-12,14-15,17H,6,13,16H2,(H,25,28). The Morgan fingerprint density at radius 2 is 1.73 bits per heavy atom. The summed E-state index contributed by atoms with van der Waals surface area (Å²) in [5.41, 5.74) is 3.42. The van der Waals surface area contributed by atoms with Gasteiger partial charge in [-0.25, -0.2) is 4.68 Å². The molecule has 2 heterocycles. The van der Waals surface area contributed by atoms with E-state index >= 15 is 0 Å². The van der Waals surface area contributed by atoms with E-state index in [0.717, 1.165) is 27.4 Å². The molecule has 4 aromatic rings. The number of aromatic nitrogens is 2. The van der Waals surface area contributed by atoms with Gasteiger partial charge in [-0.05, 0) is 35.6 Å². The highest BCUT2D eigenvalue weighted by Crippen LogP contribution is 2.27. The van der Waals surface area contributed by atoms with Crippen LogP contribution in [0.5, 0.6) is 0 Å². The molecule has 0 aliphatic heterocycles. The zero-order valence-corrected chi connectivity index (χ0v) is 17.1. The molecule has 4 rings (SSSR count). The normalized spacial score (nSPS) is 10.7. The van der Waals surface area contributed by atoms with Gasteiger partial charge in [0.2, 0.25) is 5.91 Å². The SMILES string of the molecule is O=C(CCCn1nc(-c2cccs2)ccc1=O)Nc1ccccc1-c1ccccc1. The van der Waals surface area contributed by atoms with Crippen molar-refractivity contribution in [2.24, 2.45) is 0 Å². The Morgan fingerprint density at radius 1 is 0.933 bits per heavy atom. The van der Waals surface area contributed by atoms with Gasteiger partial charge in [0, 0.05) is 30.3 Å². The van der Waals surface area contributed by atoms with Crippen LogP contribution in [0.2, 0.25) is 0 Å². The van der Waals surface area contributed by atoms with Gasteiger partial charge in [0.25, 0.3) is 5.56 Å². The number of benzene rings is 2. The summed E-state index contributed by atoms with van der Waals surface area (Å²) in [6, 6.07) is 24.9. The molecule has 0 atom stereocenters. The maximum Gasteiger partial charge on any atom is 0.266 e. The molecule has 1 N–H and O–H groups in total. The quantitative estimate of drug-likeness (QED) is 0.459. The van der Waals surface area contributed by atoms with Crippen molar-refractivity contribution in [1.82, 2.24) is 9.78 Å². The Hall–Kier alpha value is -3.51. The molecule has 5 nitrogen and oxygen atoms in total. The summed E-state index contributed by atoms with van der Waals surface area (Å²) in [7, 11) is 0. The highest BCUT2D eigenvalue weighted by Gasteiger charge is 2.09. The van der Waals surface area contributed by atoms with Crippen LogP contribution in [-0.2, 0) is 11.3 Å². The molecule has 2 aromatic carbocycles. The van der Waals surface area contributed by atoms with Crippen LogP contribution >= 0.6 is 11.3 Å². The molecule has 1 amide bonds. The Morgan fingerprint density at radius 3 is 2.53 bits per heavy atom. The molecule has 0 aliphatic rings. The maximum absolute atomic E-state index is 12.5. The predicted molar refractivity (Wildman–Crippen MR) is 122 cm³/mol. The van der Waals surface area contributed by atoms with Crippen molar-refractivity contribution in [2.75, 3.05) is 5.32 Å². The minimum atomic E-state index is -0.162. The second kappa shape index (κ2) is 9.33. The number of nitrogens with zero attached hydrogens (tertiary/aromatic N) is 2. The van der Waals surface area contributed by atoms with E-state index in [9.17, 15) is 9.59 Å². The van der Waals surface area contributed by atoms with Crippen molar-refractivity contribution in [3.8, 4) is 21.7 Å². The molecule has 30 heavy (non-hydrogen) atoms. The third kappa shape index (κ3) is 4.72. The van der Waals surface area contributed by atoms with Gasteiger partial charge < -0.3 is 5.32 Å². The number of aryl methyl sites for hydroxylation is 1. The Bertz CT molecular complexity index is 1180. The van der Waals surface area contributed by atoms with Gasteiger partial charge in [-0.15, -0.1) is 11.3 Å². The molecule has 2 aromatic heterocycles. The summed E-state index contributed by atoms with van der Waals surface area (Å²) < 4.78 is 1.43. The van der Waals surface area contributed by atoms with Crippen LogP contribution < -0.4 is 10.9 Å². The van der Waals surface area contributed by atoms with E-state index in [1.54, 1.807) is 17.4 Å². The van der Waals surface area contributed by atoms with Gasteiger partial charge in [-0.3, -0.25) is 9.59 Å². The van der Waals surface area contributed by atoms with E-state index in [0.29, 0.717) is 19.4 Å². The summed E-state index contributed by atoms with van der Waals surface area (Å²) in [6.07, 6.45) is 0.834. The minimum absolute atomic E-state index is 0.0826. The lowest BCUT2D eigenvalue weighted by atomic mass is 10.0. The smallest absolute Gasteiger partial charge is 0.266 e. The molecule has 0 saturated carbocycles. The average molecular weight is 416 g/mol. The zero-order chi connectivity index (χ0) is 20.8. The molecule has 0 unspecified atom stereocenters. The number of hydrogen-bond donors (Lipinski definition) is 1. The first-order valence-corrected chi connectivity index (χ1v) is 10.6. The van der Waals surface area contributed by atoms with Crippen LogP contribution in [0.15, 0.2) is 89.0 Å². The van der Waals surface area contributed by atoms with Crippen LogP contribution in [0.1, 0.15) is 12.8 Å². The van der Waals surface area contributed by atoms with Crippen LogP contribution in [0.3, 0.4) is 0 Å². The third-order valence-electron chi connectivity index (χ3n) is 4.70. The molecule has 0 fully saturated rings. The van der Waals surface area contributed by atoms with Gasteiger partial charge in [-0.1, -0.05) is 54.6 Å². The van der Waals surface area contributed by atoms with Crippen molar-refractivity contribution >= 4 is 22.9 Å². The van der Waals surface area contributed by atoms with Crippen molar-refractivity contribution < 1.29 is 4.79 Å². The van der Waals surface area contributed by atoms with Crippen LogP contribution in [0.4, 0.5) is 5.69 Å². The first-order chi connectivity index (χ1) is 14.7. The number of carbonyl (C=O) groups is 1. The van der Waals surface area contributed by atoms with Crippen LogP contribution in [-0.4, -0.2) is 15.7 Å². The average Bonchev–Trinajstić information content (AvgIpc) is 3.31. The van der Waals surface area contributed by atoms with Crippen molar-refractivity contribution in [3.63, 3.8) is 0 Å². The second-order valence-corrected chi connectivity index (χ2v) is 7.77. The molecule has 6 heteroatoms. The molecular weight excluding hydrogens is 394 g/mol. The molecule has 0 aliphatic carbocycles. The number of amides is 1. The third-order valence-corrected chi connectivity index (χ3v) is 5.59. The fraction of sp³-hybridized carbons (Fsp3) is 0.125. The van der Waals surface area contributed by atoms with Crippen molar-refractivity contribution in [1.29, 1.82) is 0 Å². The van der Waals surface area contributed by atoms with E-state index in [1.807, 2.05) is 72.1 Å². The fourth-order valence-corrected chi connectivity index (χ4v) is 3.92. The van der Waals surface area contributed by atoms with Gasteiger partial charge in [0.1, 0.15) is 5.69 Å². The Kier molecular flexibility index (Phi) is 6.15. The maximum atomic E-state index is 12.5. The minimum Gasteiger partial charge on any atom is -0.326 e. The summed E-state index contributed by atoms with van der Waals surface area (Å²) >= 11 is 1.58. The topological polar surface area (TPSA) is 64.0 Å². The van der Waals surface area contributed by atoms with E-state index < -0.39 is 0 Å². The zero-order valence-electron chi connectivity index (χ0n) is 16.3. The number of thiophene rings is 1. The van der Waals surface area contributed by atoms with E-state index in [1.165, 1.54) is 10.7 Å². The number of rotatable bonds is 7. The molecule has 0 spiro atoms. The van der Waals surface area contributed by atoms with E-state index in [4.69, 9.17) is 0 Å². The van der Waals surface area contributed by atoms with Gasteiger partial charge in [0.15, 0.2) is 0 Å². The molecule has 0 bridgehead atoms. The van der Waals surface area contributed by atoms with Crippen molar-refractivity contribution in [3.05, 3.63) is 94.6 Å².